The van der Waals surface area contributed by atoms with E-state index < -0.39 is 11.4 Å². The van der Waals surface area contributed by atoms with Gasteiger partial charge in [-0.25, -0.2) is 4.39 Å². The number of rotatable bonds is 2. The first kappa shape index (κ1) is 9.74. The van der Waals surface area contributed by atoms with Crippen LogP contribution in [0.5, 0.6) is 5.75 Å². The first-order valence-electron chi connectivity index (χ1n) is 4.40. The van der Waals surface area contributed by atoms with E-state index in [9.17, 15) is 4.39 Å². The lowest BCUT2D eigenvalue weighted by molar-refractivity contribution is 0.376. The van der Waals surface area contributed by atoms with E-state index in [0.717, 1.165) is 12.8 Å². The first-order valence-corrected chi connectivity index (χ1v) is 4.77. The highest BCUT2D eigenvalue weighted by molar-refractivity contribution is 6.30. The lowest BCUT2D eigenvalue weighted by Crippen LogP contribution is -2.20. The molecule has 0 heterocycles. The van der Waals surface area contributed by atoms with Gasteiger partial charge in [0.1, 0.15) is 0 Å². The maximum atomic E-state index is 13.5. The molecule has 0 radical (unpaired) electrons. The molecule has 1 fully saturated rings. The molecule has 1 aromatic carbocycles. The molecule has 14 heavy (non-hydrogen) atoms. The van der Waals surface area contributed by atoms with E-state index >= 15 is 0 Å². The second-order valence-electron chi connectivity index (χ2n) is 3.60. The fraction of sp³-hybridized carbons (Fsp3) is 0.400. The van der Waals surface area contributed by atoms with Crippen LogP contribution in [0.4, 0.5) is 4.39 Å². The van der Waals surface area contributed by atoms with Gasteiger partial charge in [-0.3, -0.25) is 0 Å². The zero-order chi connectivity index (χ0) is 10.3. The highest BCUT2D eigenvalue weighted by Crippen LogP contribution is 2.47. The Bertz CT molecular complexity index is 377. The molecule has 0 spiro atoms. The topological polar surface area (TPSA) is 35.2 Å². The van der Waals surface area contributed by atoms with Crippen LogP contribution in [0.25, 0.3) is 0 Å². The SMILES string of the molecule is COc1c(C2(N)CC2)ccc(Cl)c1F. The molecular formula is C10H11ClFNO. The van der Waals surface area contributed by atoms with Crippen molar-refractivity contribution in [3.63, 3.8) is 0 Å². The van der Waals surface area contributed by atoms with Gasteiger partial charge in [0.2, 0.25) is 0 Å². The second-order valence-corrected chi connectivity index (χ2v) is 4.01. The molecule has 2 N–H and O–H groups in total. The van der Waals surface area contributed by atoms with Gasteiger partial charge in [-0.1, -0.05) is 17.7 Å². The van der Waals surface area contributed by atoms with Gasteiger partial charge in [0.25, 0.3) is 0 Å². The van der Waals surface area contributed by atoms with Gasteiger partial charge in [-0.15, -0.1) is 0 Å². The second kappa shape index (κ2) is 3.11. The summed E-state index contributed by atoms with van der Waals surface area (Å²) in [4.78, 5) is 0. The molecule has 0 bridgehead atoms. The lowest BCUT2D eigenvalue weighted by Gasteiger charge is -2.15. The van der Waals surface area contributed by atoms with Crippen LogP contribution in [-0.4, -0.2) is 7.11 Å². The minimum Gasteiger partial charge on any atom is -0.493 e. The molecule has 0 atom stereocenters. The van der Waals surface area contributed by atoms with Crippen LogP contribution >= 0.6 is 11.6 Å². The summed E-state index contributed by atoms with van der Waals surface area (Å²) in [5, 5.41) is 0.0647. The van der Waals surface area contributed by atoms with Gasteiger partial charge < -0.3 is 10.5 Å². The summed E-state index contributed by atoms with van der Waals surface area (Å²) in [7, 11) is 1.42. The Morgan fingerprint density at radius 3 is 2.64 bits per heavy atom. The van der Waals surface area contributed by atoms with E-state index in [4.69, 9.17) is 22.1 Å². The number of nitrogens with two attached hydrogens (primary N) is 1. The molecule has 0 amide bonds. The molecule has 4 heteroatoms. The van der Waals surface area contributed by atoms with Crippen molar-refractivity contribution in [2.75, 3.05) is 7.11 Å². The Balaban J connectivity index is 2.55. The Morgan fingerprint density at radius 1 is 1.50 bits per heavy atom. The lowest BCUT2D eigenvalue weighted by atomic mass is 10.0. The summed E-state index contributed by atoms with van der Waals surface area (Å²) in [5.74, 6) is -0.346. The summed E-state index contributed by atoms with van der Waals surface area (Å²) in [6.07, 6.45) is 1.73. The molecule has 2 rings (SSSR count). The van der Waals surface area contributed by atoms with E-state index in [-0.39, 0.29) is 10.8 Å². The highest BCUT2D eigenvalue weighted by atomic mass is 35.5. The van der Waals surface area contributed by atoms with Crippen molar-refractivity contribution in [1.82, 2.24) is 0 Å². The standard InChI is InChI=1S/C10H11ClFNO/c1-14-9-6(10(13)4-5-10)2-3-7(11)8(9)12/h2-3H,4-5,13H2,1H3. The van der Waals surface area contributed by atoms with Crippen molar-refractivity contribution in [3.8, 4) is 5.75 Å². The molecule has 1 saturated carbocycles. The monoisotopic (exact) mass is 215 g/mol. The number of hydrogen-bond acceptors (Lipinski definition) is 2. The molecule has 0 saturated heterocycles. The van der Waals surface area contributed by atoms with Crippen LogP contribution in [-0.2, 0) is 5.54 Å². The van der Waals surface area contributed by atoms with E-state index in [1.807, 2.05) is 0 Å². The molecule has 2 nitrogen and oxygen atoms in total. The maximum absolute atomic E-state index is 13.5. The van der Waals surface area contributed by atoms with Crippen molar-refractivity contribution < 1.29 is 9.13 Å². The highest BCUT2D eigenvalue weighted by Gasteiger charge is 2.43. The zero-order valence-corrected chi connectivity index (χ0v) is 8.57. The molecule has 1 aromatic rings. The Kier molecular flexibility index (Phi) is 2.16. The summed E-state index contributed by atoms with van der Waals surface area (Å²) >= 11 is 5.64. The van der Waals surface area contributed by atoms with Crippen molar-refractivity contribution in [3.05, 3.63) is 28.5 Å². The number of halogens is 2. The zero-order valence-electron chi connectivity index (χ0n) is 7.81. The smallest absolute Gasteiger partial charge is 0.183 e. The fourth-order valence-corrected chi connectivity index (χ4v) is 1.68. The van der Waals surface area contributed by atoms with E-state index in [1.165, 1.54) is 13.2 Å². The van der Waals surface area contributed by atoms with Gasteiger partial charge in [-0.2, -0.15) is 0 Å². The molecule has 0 unspecified atom stereocenters. The number of benzene rings is 1. The molecular weight excluding hydrogens is 205 g/mol. The fourth-order valence-electron chi connectivity index (χ4n) is 1.53. The Morgan fingerprint density at radius 2 is 2.14 bits per heavy atom. The van der Waals surface area contributed by atoms with Gasteiger partial charge in [-0.05, 0) is 18.9 Å². The average molecular weight is 216 g/mol. The van der Waals surface area contributed by atoms with Crippen LogP contribution in [0.15, 0.2) is 12.1 Å². The Labute approximate surface area is 86.8 Å². The molecule has 0 aliphatic heterocycles. The molecule has 76 valence electrons. The van der Waals surface area contributed by atoms with Crippen LogP contribution < -0.4 is 10.5 Å². The first-order chi connectivity index (χ1) is 6.58. The minimum absolute atomic E-state index is 0.0647. The summed E-state index contributed by atoms with van der Waals surface area (Å²) in [6.45, 7) is 0. The van der Waals surface area contributed by atoms with Crippen LogP contribution in [0, 0.1) is 5.82 Å². The molecule has 1 aliphatic carbocycles. The van der Waals surface area contributed by atoms with Gasteiger partial charge >= 0.3 is 0 Å². The third-order valence-corrected chi connectivity index (χ3v) is 2.87. The average Bonchev–Trinajstić information content (AvgIpc) is 2.89. The third kappa shape index (κ3) is 1.37. The number of hydrogen-bond donors (Lipinski definition) is 1. The van der Waals surface area contributed by atoms with Gasteiger partial charge in [0.15, 0.2) is 11.6 Å². The normalized spacial score (nSPS) is 18.0. The Hall–Kier alpha value is -0.800. The minimum atomic E-state index is -0.525. The van der Waals surface area contributed by atoms with Crippen LogP contribution in [0.1, 0.15) is 18.4 Å². The van der Waals surface area contributed by atoms with E-state index in [0.29, 0.717) is 5.56 Å². The van der Waals surface area contributed by atoms with E-state index in [2.05, 4.69) is 0 Å². The van der Waals surface area contributed by atoms with Crippen LogP contribution in [0.3, 0.4) is 0 Å². The summed E-state index contributed by atoms with van der Waals surface area (Å²) in [6, 6.07) is 3.25. The molecule has 1 aliphatic rings. The van der Waals surface area contributed by atoms with E-state index in [1.54, 1.807) is 6.07 Å². The van der Waals surface area contributed by atoms with Crippen molar-refractivity contribution in [2.45, 2.75) is 18.4 Å². The summed E-state index contributed by atoms with van der Waals surface area (Å²) in [5.41, 5.74) is 6.28. The summed E-state index contributed by atoms with van der Waals surface area (Å²) < 4.78 is 18.5. The third-order valence-electron chi connectivity index (χ3n) is 2.58. The van der Waals surface area contributed by atoms with Crippen LogP contribution in [0.2, 0.25) is 5.02 Å². The van der Waals surface area contributed by atoms with Crippen molar-refractivity contribution in [2.24, 2.45) is 5.73 Å². The molecule has 0 aromatic heterocycles. The predicted molar refractivity (Wildman–Crippen MR) is 53.1 cm³/mol. The number of ether oxygens (including phenoxy) is 1. The largest absolute Gasteiger partial charge is 0.493 e. The maximum Gasteiger partial charge on any atom is 0.183 e. The quantitative estimate of drug-likeness (QED) is 0.823. The van der Waals surface area contributed by atoms with Crippen molar-refractivity contribution in [1.29, 1.82) is 0 Å². The van der Waals surface area contributed by atoms with Gasteiger partial charge in [0.05, 0.1) is 12.1 Å². The predicted octanol–water partition coefficient (Wildman–Crippen LogP) is 2.44. The number of methoxy groups -OCH3 is 1. The van der Waals surface area contributed by atoms with Gasteiger partial charge in [0, 0.05) is 11.1 Å². The van der Waals surface area contributed by atoms with Crippen molar-refractivity contribution >= 4 is 11.6 Å².